The molecule has 0 spiro atoms. The van der Waals surface area contributed by atoms with Crippen LogP contribution in [0.3, 0.4) is 0 Å². The van der Waals surface area contributed by atoms with E-state index in [0.29, 0.717) is 52.4 Å². The Hall–Kier alpha value is -3.76. The summed E-state index contributed by atoms with van der Waals surface area (Å²) in [7, 11) is 0. The predicted molar refractivity (Wildman–Crippen MR) is 155 cm³/mol. The average molecular weight is 614 g/mol. The molecule has 1 heterocycles. The van der Waals surface area contributed by atoms with E-state index >= 15 is 0 Å². The fraction of sp³-hybridized carbons (Fsp3) is 0.250. The number of fused-ring (bicyclic) bond motifs is 1. The lowest BCUT2D eigenvalue weighted by atomic mass is 10.2. The van der Waals surface area contributed by atoms with Crippen molar-refractivity contribution in [3.8, 4) is 11.5 Å². The van der Waals surface area contributed by atoms with Crippen molar-refractivity contribution in [3.63, 3.8) is 0 Å². The largest absolute Gasteiger partial charge is 0.490 e. The molecule has 0 saturated heterocycles. The summed E-state index contributed by atoms with van der Waals surface area (Å²) in [5, 5.41) is 16.3. The van der Waals surface area contributed by atoms with Gasteiger partial charge in [0.25, 0.3) is 11.2 Å². The van der Waals surface area contributed by atoms with Gasteiger partial charge < -0.3 is 9.47 Å². The molecule has 4 aromatic rings. The van der Waals surface area contributed by atoms with Crippen molar-refractivity contribution in [2.75, 3.05) is 6.61 Å². The van der Waals surface area contributed by atoms with Crippen LogP contribution in [0.4, 0.5) is 5.69 Å². The van der Waals surface area contributed by atoms with Crippen LogP contribution < -0.4 is 15.0 Å². The van der Waals surface area contributed by atoms with Crippen LogP contribution >= 0.6 is 27.5 Å². The first-order valence-corrected chi connectivity index (χ1v) is 13.6. The van der Waals surface area contributed by atoms with Crippen molar-refractivity contribution < 1.29 is 14.4 Å². The van der Waals surface area contributed by atoms with E-state index in [4.69, 9.17) is 26.1 Å². The Balaban J connectivity index is 1.67. The number of nitro benzene ring substituents is 1. The molecule has 0 bridgehead atoms. The SMILES string of the molecule is CCCCc1nc2ccc(Br)cc2c(=O)n1N=Cc1cc(Cl)c(OCc2cccc([N+](=O)[O-])c2)c(OCC)c1. The number of aryl methyl sites for hydroxylation is 1. The molecule has 0 unspecified atom stereocenters. The van der Waals surface area contributed by atoms with Gasteiger partial charge in [-0.15, -0.1) is 0 Å². The Bertz CT molecular complexity index is 1610. The molecule has 0 amide bonds. The van der Waals surface area contributed by atoms with E-state index in [-0.39, 0.29) is 22.9 Å². The number of rotatable bonds is 11. The van der Waals surface area contributed by atoms with Crippen molar-refractivity contribution in [2.45, 2.75) is 39.7 Å². The minimum atomic E-state index is -0.459. The van der Waals surface area contributed by atoms with Crippen molar-refractivity contribution in [1.29, 1.82) is 0 Å². The summed E-state index contributed by atoms with van der Waals surface area (Å²) in [5.74, 6) is 1.26. The highest BCUT2D eigenvalue weighted by Gasteiger charge is 2.15. The molecule has 9 nitrogen and oxygen atoms in total. The number of hydrogen-bond acceptors (Lipinski definition) is 7. The van der Waals surface area contributed by atoms with E-state index in [0.717, 1.165) is 17.3 Å². The highest BCUT2D eigenvalue weighted by Crippen LogP contribution is 2.37. The number of halogens is 2. The molecule has 39 heavy (non-hydrogen) atoms. The molecule has 0 aliphatic heterocycles. The molecule has 11 heteroatoms. The van der Waals surface area contributed by atoms with E-state index in [1.54, 1.807) is 30.3 Å². The molecule has 202 valence electrons. The van der Waals surface area contributed by atoms with E-state index < -0.39 is 4.92 Å². The van der Waals surface area contributed by atoms with Gasteiger partial charge in [-0.2, -0.15) is 9.78 Å². The van der Waals surface area contributed by atoms with Gasteiger partial charge in [0.15, 0.2) is 11.5 Å². The molecule has 4 rings (SSSR count). The third-order valence-electron chi connectivity index (χ3n) is 5.79. The van der Waals surface area contributed by atoms with Crippen LogP contribution in [-0.2, 0) is 13.0 Å². The number of benzene rings is 3. The second-order valence-electron chi connectivity index (χ2n) is 8.63. The van der Waals surface area contributed by atoms with E-state index in [9.17, 15) is 14.9 Å². The minimum Gasteiger partial charge on any atom is -0.490 e. The number of aromatic nitrogens is 2. The summed E-state index contributed by atoms with van der Waals surface area (Å²) in [6.07, 6.45) is 3.94. The zero-order chi connectivity index (χ0) is 27.9. The first-order chi connectivity index (χ1) is 18.8. The highest BCUT2D eigenvalue weighted by molar-refractivity contribution is 9.10. The number of nitrogens with zero attached hydrogens (tertiary/aromatic N) is 4. The van der Waals surface area contributed by atoms with Gasteiger partial charge in [-0.25, -0.2) is 4.98 Å². The zero-order valence-electron chi connectivity index (χ0n) is 21.4. The average Bonchev–Trinajstić information content (AvgIpc) is 2.91. The number of nitro groups is 1. The minimum absolute atomic E-state index is 0.0251. The van der Waals surface area contributed by atoms with Crippen LogP contribution in [0.25, 0.3) is 10.9 Å². The molecular formula is C28H26BrClN4O5. The standard InChI is InChI=1S/C28H26BrClN4O5/c1-3-5-9-26-32-24-11-10-20(29)15-22(24)28(35)33(26)31-16-19-13-23(30)27(25(14-19)38-4-2)39-17-18-7-6-8-21(12-18)34(36)37/h6-8,10-16H,3-5,9,17H2,1-2H3. The van der Waals surface area contributed by atoms with Gasteiger partial charge >= 0.3 is 0 Å². The summed E-state index contributed by atoms with van der Waals surface area (Å²) in [4.78, 5) is 28.6. The van der Waals surface area contributed by atoms with Crippen LogP contribution in [0.2, 0.25) is 5.02 Å². The Kier molecular flexibility index (Phi) is 9.32. The van der Waals surface area contributed by atoms with Crippen molar-refractivity contribution in [1.82, 2.24) is 9.66 Å². The summed E-state index contributed by atoms with van der Waals surface area (Å²) in [6.45, 7) is 4.32. The zero-order valence-corrected chi connectivity index (χ0v) is 23.7. The lowest BCUT2D eigenvalue weighted by Crippen LogP contribution is -2.22. The molecule has 0 fully saturated rings. The van der Waals surface area contributed by atoms with Gasteiger partial charge in [0.2, 0.25) is 0 Å². The highest BCUT2D eigenvalue weighted by atomic mass is 79.9. The molecule has 0 aliphatic carbocycles. The summed E-state index contributed by atoms with van der Waals surface area (Å²) in [5.41, 5.74) is 1.53. The van der Waals surface area contributed by atoms with Gasteiger partial charge in [-0.3, -0.25) is 14.9 Å². The maximum atomic E-state index is 13.3. The number of ether oxygens (including phenoxy) is 2. The molecule has 0 radical (unpaired) electrons. The summed E-state index contributed by atoms with van der Waals surface area (Å²) in [6, 6.07) is 14.9. The van der Waals surface area contributed by atoms with Crippen LogP contribution in [0.15, 0.2) is 69.0 Å². The number of non-ortho nitro benzene ring substituents is 1. The van der Waals surface area contributed by atoms with E-state index in [1.807, 2.05) is 19.1 Å². The first kappa shape index (κ1) is 28.3. The lowest BCUT2D eigenvalue weighted by molar-refractivity contribution is -0.384. The van der Waals surface area contributed by atoms with E-state index in [2.05, 4.69) is 28.0 Å². The van der Waals surface area contributed by atoms with Gasteiger partial charge in [-0.1, -0.05) is 53.0 Å². The monoisotopic (exact) mass is 612 g/mol. The molecule has 0 aliphatic rings. The van der Waals surface area contributed by atoms with Gasteiger partial charge in [0.05, 0.1) is 33.7 Å². The second-order valence-corrected chi connectivity index (χ2v) is 9.96. The third-order valence-corrected chi connectivity index (χ3v) is 6.56. The van der Waals surface area contributed by atoms with Crippen molar-refractivity contribution in [2.24, 2.45) is 5.10 Å². The maximum Gasteiger partial charge on any atom is 0.282 e. The van der Waals surface area contributed by atoms with Crippen LogP contribution in [0, 0.1) is 10.1 Å². The van der Waals surface area contributed by atoms with Crippen molar-refractivity contribution in [3.05, 3.63) is 102 Å². The van der Waals surface area contributed by atoms with Crippen molar-refractivity contribution >= 4 is 50.3 Å². The number of hydrogen-bond donors (Lipinski definition) is 0. The smallest absolute Gasteiger partial charge is 0.282 e. The fourth-order valence-electron chi connectivity index (χ4n) is 3.92. The Morgan fingerprint density at radius 3 is 2.72 bits per heavy atom. The Morgan fingerprint density at radius 2 is 1.97 bits per heavy atom. The summed E-state index contributed by atoms with van der Waals surface area (Å²) < 4.78 is 13.8. The topological polar surface area (TPSA) is 109 Å². The molecule has 1 aromatic heterocycles. The van der Waals surface area contributed by atoms with E-state index in [1.165, 1.54) is 23.0 Å². The Labute approximate surface area is 238 Å². The quantitative estimate of drug-likeness (QED) is 0.103. The fourth-order valence-corrected chi connectivity index (χ4v) is 4.55. The normalized spacial score (nSPS) is 11.3. The molecule has 0 N–H and O–H groups in total. The van der Waals surface area contributed by atoms with Gasteiger partial charge in [0.1, 0.15) is 12.4 Å². The molecule has 0 atom stereocenters. The summed E-state index contributed by atoms with van der Waals surface area (Å²) >= 11 is 9.98. The number of unbranched alkanes of at least 4 members (excludes halogenated alkanes) is 1. The lowest BCUT2D eigenvalue weighted by Gasteiger charge is -2.14. The molecular weight excluding hydrogens is 588 g/mol. The maximum absolute atomic E-state index is 13.3. The van der Waals surface area contributed by atoms with Crippen LogP contribution in [0.5, 0.6) is 11.5 Å². The van der Waals surface area contributed by atoms with Crippen LogP contribution in [0.1, 0.15) is 43.6 Å². The second kappa shape index (κ2) is 12.9. The third kappa shape index (κ3) is 6.82. The first-order valence-electron chi connectivity index (χ1n) is 12.4. The Morgan fingerprint density at radius 1 is 1.15 bits per heavy atom. The van der Waals surface area contributed by atoms with Gasteiger partial charge in [0, 0.05) is 23.0 Å². The van der Waals surface area contributed by atoms with Gasteiger partial charge in [-0.05, 0) is 54.8 Å². The molecule has 0 saturated carbocycles. The molecule has 3 aromatic carbocycles. The predicted octanol–water partition coefficient (Wildman–Crippen LogP) is 6.92. The van der Waals surface area contributed by atoms with Crippen LogP contribution in [-0.4, -0.2) is 27.4 Å².